The summed E-state index contributed by atoms with van der Waals surface area (Å²) in [5.74, 6) is -0.948. The number of amides is 1. The number of carbonyl (C=O) groups excluding carboxylic acids is 2. The summed E-state index contributed by atoms with van der Waals surface area (Å²) in [7, 11) is 0. The van der Waals surface area contributed by atoms with Crippen LogP contribution >= 0.6 is 11.6 Å². The normalized spacial score (nSPS) is 11.6. The van der Waals surface area contributed by atoms with E-state index in [0.717, 1.165) is 5.56 Å². The first kappa shape index (κ1) is 16.0. The molecule has 0 bridgehead atoms. The molecule has 0 aliphatic rings. The van der Waals surface area contributed by atoms with E-state index in [1.165, 1.54) is 6.92 Å². The van der Waals surface area contributed by atoms with Gasteiger partial charge in [-0.1, -0.05) is 35.4 Å². The monoisotopic (exact) mass is 317 g/mol. The number of nitrogens with one attached hydrogen (secondary N) is 1. The maximum Gasteiger partial charge on any atom is 0.338 e. The summed E-state index contributed by atoms with van der Waals surface area (Å²) >= 11 is 5.85. The Morgan fingerprint density at radius 3 is 2.45 bits per heavy atom. The molecule has 0 aromatic heterocycles. The third-order valence-electron chi connectivity index (χ3n) is 3.03. The smallest absolute Gasteiger partial charge is 0.338 e. The molecule has 5 heteroatoms. The van der Waals surface area contributed by atoms with Crippen LogP contribution in [-0.2, 0) is 9.53 Å². The van der Waals surface area contributed by atoms with E-state index in [9.17, 15) is 9.59 Å². The fourth-order valence-electron chi connectivity index (χ4n) is 1.78. The minimum absolute atomic E-state index is 0.410. The standard InChI is InChI=1S/C17H16ClNO3/c1-11-6-8-13(9-7-11)17(21)22-12(2)16(20)19-15-5-3-4-14(18)10-15/h3-10,12H,1-2H3,(H,19,20)/t12-/m0/s1. The van der Waals surface area contributed by atoms with Gasteiger partial charge in [-0.3, -0.25) is 4.79 Å². The molecule has 0 heterocycles. The molecule has 2 aromatic carbocycles. The van der Waals surface area contributed by atoms with E-state index in [-0.39, 0.29) is 0 Å². The molecule has 1 atom stereocenters. The van der Waals surface area contributed by atoms with Gasteiger partial charge in [-0.25, -0.2) is 4.79 Å². The van der Waals surface area contributed by atoms with Gasteiger partial charge in [0.05, 0.1) is 5.56 Å². The van der Waals surface area contributed by atoms with Gasteiger partial charge in [-0.2, -0.15) is 0 Å². The Bertz CT molecular complexity index is 683. The molecular formula is C17H16ClNO3. The quantitative estimate of drug-likeness (QED) is 0.872. The van der Waals surface area contributed by atoms with Crippen LogP contribution in [0.1, 0.15) is 22.8 Å². The van der Waals surface area contributed by atoms with Gasteiger partial charge in [-0.15, -0.1) is 0 Å². The zero-order valence-electron chi connectivity index (χ0n) is 12.3. The lowest BCUT2D eigenvalue weighted by atomic mass is 10.1. The van der Waals surface area contributed by atoms with Crippen molar-refractivity contribution in [2.45, 2.75) is 20.0 Å². The Hall–Kier alpha value is -2.33. The molecule has 0 saturated heterocycles. The van der Waals surface area contributed by atoms with Crippen LogP contribution in [0.25, 0.3) is 0 Å². The lowest BCUT2D eigenvalue weighted by Gasteiger charge is -2.13. The second-order valence-electron chi connectivity index (χ2n) is 4.91. The average Bonchev–Trinajstić information content (AvgIpc) is 2.47. The van der Waals surface area contributed by atoms with Crippen molar-refractivity contribution in [3.8, 4) is 0 Å². The van der Waals surface area contributed by atoms with Gasteiger partial charge in [0.25, 0.3) is 5.91 Å². The summed E-state index contributed by atoms with van der Waals surface area (Å²) < 4.78 is 5.16. The predicted octanol–water partition coefficient (Wildman–Crippen LogP) is 3.83. The highest BCUT2D eigenvalue weighted by atomic mass is 35.5. The van der Waals surface area contributed by atoms with Crippen molar-refractivity contribution in [2.75, 3.05) is 5.32 Å². The molecule has 22 heavy (non-hydrogen) atoms. The molecule has 0 unspecified atom stereocenters. The van der Waals surface area contributed by atoms with Crippen molar-refractivity contribution in [3.05, 3.63) is 64.7 Å². The van der Waals surface area contributed by atoms with Crippen LogP contribution < -0.4 is 5.32 Å². The molecule has 0 aliphatic heterocycles. The maximum absolute atomic E-state index is 12.0. The number of carbonyl (C=O) groups is 2. The lowest BCUT2D eigenvalue weighted by Crippen LogP contribution is -2.30. The van der Waals surface area contributed by atoms with E-state index in [0.29, 0.717) is 16.3 Å². The number of anilines is 1. The Balaban J connectivity index is 1.96. The van der Waals surface area contributed by atoms with Crippen molar-refractivity contribution in [1.82, 2.24) is 0 Å². The predicted molar refractivity (Wildman–Crippen MR) is 86.1 cm³/mol. The topological polar surface area (TPSA) is 55.4 Å². The highest BCUT2D eigenvalue weighted by Gasteiger charge is 2.19. The van der Waals surface area contributed by atoms with E-state index < -0.39 is 18.0 Å². The second-order valence-corrected chi connectivity index (χ2v) is 5.35. The van der Waals surface area contributed by atoms with Crippen molar-refractivity contribution >= 4 is 29.2 Å². The number of rotatable bonds is 4. The van der Waals surface area contributed by atoms with E-state index in [4.69, 9.17) is 16.3 Å². The van der Waals surface area contributed by atoms with E-state index in [1.54, 1.807) is 36.4 Å². The summed E-state index contributed by atoms with van der Waals surface area (Å²) in [5.41, 5.74) is 2.01. The third kappa shape index (κ3) is 4.33. The van der Waals surface area contributed by atoms with E-state index in [1.807, 2.05) is 19.1 Å². The van der Waals surface area contributed by atoms with Crippen LogP contribution in [0.3, 0.4) is 0 Å². The van der Waals surface area contributed by atoms with Crippen LogP contribution in [0, 0.1) is 6.92 Å². The first-order chi connectivity index (χ1) is 10.5. The highest BCUT2D eigenvalue weighted by Crippen LogP contribution is 2.15. The summed E-state index contributed by atoms with van der Waals surface area (Å²) in [6, 6.07) is 13.7. The van der Waals surface area contributed by atoms with Gasteiger partial charge >= 0.3 is 5.97 Å². The first-order valence-corrected chi connectivity index (χ1v) is 7.17. The molecule has 4 nitrogen and oxygen atoms in total. The second kappa shape index (κ2) is 7.09. The van der Waals surface area contributed by atoms with Gasteiger partial charge in [-0.05, 0) is 44.2 Å². The Labute approximate surface area is 134 Å². The van der Waals surface area contributed by atoms with Crippen LogP contribution in [0.4, 0.5) is 5.69 Å². The Kier molecular flexibility index (Phi) is 5.17. The lowest BCUT2D eigenvalue weighted by molar-refractivity contribution is -0.123. The summed E-state index contributed by atoms with van der Waals surface area (Å²) in [4.78, 5) is 24.0. The molecule has 114 valence electrons. The minimum atomic E-state index is -0.909. The number of ether oxygens (including phenoxy) is 1. The Morgan fingerprint density at radius 2 is 1.82 bits per heavy atom. The average molecular weight is 318 g/mol. The zero-order valence-corrected chi connectivity index (χ0v) is 13.1. The Morgan fingerprint density at radius 1 is 1.14 bits per heavy atom. The van der Waals surface area contributed by atoms with Crippen LogP contribution in [0.2, 0.25) is 5.02 Å². The van der Waals surface area contributed by atoms with Gasteiger partial charge in [0.15, 0.2) is 6.10 Å². The largest absolute Gasteiger partial charge is 0.449 e. The van der Waals surface area contributed by atoms with Crippen molar-refractivity contribution < 1.29 is 14.3 Å². The van der Waals surface area contributed by atoms with Gasteiger partial charge in [0.2, 0.25) is 0 Å². The van der Waals surface area contributed by atoms with Crippen molar-refractivity contribution in [3.63, 3.8) is 0 Å². The summed E-state index contributed by atoms with van der Waals surface area (Å²) in [6.45, 7) is 3.45. The molecular weight excluding hydrogens is 302 g/mol. The molecule has 0 aliphatic carbocycles. The molecule has 0 saturated carbocycles. The van der Waals surface area contributed by atoms with Gasteiger partial charge in [0, 0.05) is 10.7 Å². The summed E-state index contributed by atoms with van der Waals surface area (Å²) in [5, 5.41) is 3.16. The van der Waals surface area contributed by atoms with Gasteiger partial charge < -0.3 is 10.1 Å². The fraction of sp³-hybridized carbons (Fsp3) is 0.176. The molecule has 0 radical (unpaired) electrons. The van der Waals surface area contributed by atoms with Crippen LogP contribution in [-0.4, -0.2) is 18.0 Å². The molecule has 2 aromatic rings. The van der Waals surface area contributed by atoms with E-state index in [2.05, 4.69) is 5.32 Å². The number of benzene rings is 2. The third-order valence-corrected chi connectivity index (χ3v) is 3.27. The number of halogens is 1. The number of hydrogen-bond acceptors (Lipinski definition) is 3. The maximum atomic E-state index is 12.0. The van der Waals surface area contributed by atoms with Crippen LogP contribution in [0.15, 0.2) is 48.5 Å². The molecule has 2 rings (SSSR count). The fourth-order valence-corrected chi connectivity index (χ4v) is 1.97. The highest BCUT2D eigenvalue weighted by molar-refractivity contribution is 6.30. The minimum Gasteiger partial charge on any atom is -0.449 e. The van der Waals surface area contributed by atoms with E-state index >= 15 is 0 Å². The van der Waals surface area contributed by atoms with Crippen molar-refractivity contribution in [1.29, 1.82) is 0 Å². The SMILES string of the molecule is Cc1ccc(C(=O)O[C@@H](C)C(=O)Nc2cccc(Cl)c2)cc1. The zero-order chi connectivity index (χ0) is 16.1. The molecule has 0 spiro atoms. The molecule has 0 fully saturated rings. The molecule has 1 N–H and O–H groups in total. The number of aryl methyl sites for hydroxylation is 1. The van der Waals surface area contributed by atoms with Crippen LogP contribution in [0.5, 0.6) is 0 Å². The number of hydrogen-bond donors (Lipinski definition) is 1. The number of esters is 1. The van der Waals surface area contributed by atoms with Crippen molar-refractivity contribution in [2.24, 2.45) is 0 Å². The molecule has 1 amide bonds. The van der Waals surface area contributed by atoms with Gasteiger partial charge in [0.1, 0.15) is 0 Å². The summed E-state index contributed by atoms with van der Waals surface area (Å²) in [6.07, 6.45) is -0.909. The first-order valence-electron chi connectivity index (χ1n) is 6.80.